The zero-order valence-electron chi connectivity index (χ0n) is 13.3. The molecular weight excluding hydrogens is 336 g/mol. The molecule has 0 aliphatic carbocycles. The highest BCUT2D eigenvalue weighted by Crippen LogP contribution is 2.23. The predicted molar refractivity (Wildman–Crippen MR) is 97.3 cm³/mol. The molecular formula is C18H16N4O2S. The maximum Gasteiger partial charge on any atom is 0.250 e. The maximum absolute atomic E-state index is 12.1. The number of carbonyl (C=O) groups is 2. The van der Waals surface area contributed by atoms with Crippen LogP contribution in [0.5, 0.6) is 0 Å². The number of para-hydroxylation sites is 1. The van der Waals surface area contributed by atoms with Gasteiger partial charge in [-0.15, -0.1) is 11.3 Å². The molecule has 1 aromatic carbocycles. The van der Waals surface area contributed by atoms with Crippen LogP contribution in [0.1, 0.15) is 22.5 Å². The Balaban J connectivity index is 1.60. The summed E-state index contributed by atoms with van der Waals surface area (Å²) in [5.41, 5.74) is 7.84. The molecule has 0 fully saturated rings. The molecule has 3 N–H and O–H groups in total. The number of benzene rings is 1. The van der Waals surface area contributed by atoms with Crippen LogP contribution in [0.4, 0.5) is 5.69 Å². The number of carbonyl (C=O) groups excluding carboxylic acids is 2. The number of nitrogens with zero attached hydrogens (tertiary/aromatic N) is 2. The monoisotopic (exact) mass is 352 g/mol. The van der Waals surface area contributed by atoms with E-state index >= 15 is 0 Å². The van der Waals surface area contributed by atoms with Gasteiger partial charge in [-0.25, -0.2) is 4.98 Å². The molecule has 2 heterocycles. The SMILES string of the molecule is NC(=O)c1ccccc1NC(=O)CCc1csc(-c2cccnc2)n1. The van der Waals surface area contributed by atoms with Crippen molar-refractivity contribution < 1.29 is 9.59 Å². The average Bonchev–Trinajstić information content (AvgIpc) is 3.10. The topological polar surface area (TPSA) is 98.0 Å². The van der Waals surface area contributed by atoms with Crippen molar-refractivity contribution in [3.05, 3.63) is 65.4 Å². The van der Waals surface area contributed by atoms with Gasteiger partial charge in [-0.2, -0.15) is 0 Å². The second kappa shape index (κ2) is 7.67. The summed E-state index contributed by atoms with van der Waals surface area (Å²) >= 11 is 1.52. The van der Waals surface area contributed by atoms with Crippen LogP contribution in [0.3, 0.4) is 0 Å². The van der Waals surface area contributed by atoms with Crippen LogP contribution in [-0.2, 0) is 11.2 Å². The highest BCUT2D eigenvalue weighted by Gasteiger charge is 2.11. The average molecular weight is 352 g/mol. The number of hydrogen-bond acceptors (Lipinski definition) is 5. The van der Waals surface area contributed by atoms with E-state index in [1.807, 2.05) is 17.5 Å². The maximum atomic E-state index is 12.1. The Hall–Kier alpha value is -3.06. The molecule has 0 saturated heterocycles. The normalized spacial score (nSPS) is 10.4. The summed E-state index contributed by atoms with van der Waals surface area (Å²) in [7, 11) is 0. The van der Waals surface area contributed by atoms with Gasteiger partial charge in [0.15, 0.2) is 0 Å². The Labute approximate surface area is 148 Å². The van der Waals surface area contributed by atoms with Gasteiger partial charge in [-0.05, 0) is 30.7 Å². The van der Waals surface area contributed by atoms with Crippen molar-refractivity contribution >= 4 is 28.8 Å². The molecule has 3 aromatic rings. The fraction of sp³-hybridized carbons (Fsp3) is 0.111. The van der Waals surface area contributed by atoms with Gasteiger partial charge in [0.1, 0.15) is 5.01 Å². The first-order valence-corrected chi connectivity index (χ1v) is 8.55. The lowest BCUT2D eigenvalue weighted by atomic mass is 10.1. The van der Waals surface area contributed by atoms with E-state index < -0.39 is 5.91 Å². The van der Waals surface area contributed by atoms with Gasteiger partial charge < -0.3 is 11.1 Å². The number of thiazole rings is 1. The molecule has 0 aliphatic heterocycles. The van der Waals surface area contributed by atoms with E-state index in [0.29, 0.717) is 17.7 Å². The number of nitrogens with two attached hydrogens (primary N) is 1. The molecule has 7 heteroatoms. The minimum absolute atomic E-state index is 0.190. The van der Waals surface area contributed by atoms with Gasteiger partial charge >= 0.3 is 0 Å². The summed E-state index contributed by atoms with van der Waals surface area (Å²) in [6.07, 6.45) is 4.26. The van der Waals surface area contributed by atoms with E-state index in [9.17, 15) is 9.59 Å². The van der Waals surface area contributed by atoms with Crippen LogP contribution < -0.4 is 11.1 Å². The van der Waals surface area contributed by atoms with E-state index in [1.54, 1.807) is 36.7 Å². The lowest BCUT2D eigenvalue weighted by molar-refractivity contribution is -0.116. The van der Waals surface area contributed by atoms with Gasteiger partial charge in [-0.3, -0.25) is 14.6 Å². The third-order valence-electron chi connectivity index (χ3n) is 3.54. The van der Waals surface area contributed by atoms with E-state index in [-0.39, 0.29) is 12.3 Å². The molecule has 0 atom stereocenters. The summed E-state index contributed by atoms with van der Waals surface area (Å²) in [6.45, 7) is 0. The van der Waals surface area contributed by atoms with E-state index in [2.05, 4.69) is 15.3 Å². The highest BCUT2D eigenvalue weighted by molar-refractivity contribution is 7.13. The Bertz CT molecular complexity index is 893. The first-order valence-electron chi connectivity index (χ1n) is 7.67. The summed E-state index contributed by atoms with van der Waals surface area (Å²) < 4.78 is 0. The number of anilines is 1. The zero-order valence-corrected chi connectivity index (χ0v) is 14.1. The molecule has 0 saturated carbocycles. The van der Waals surface area contributed by atoms with Crippen LogP contribution in [-0.4, -0.2) is 21.8 Å². The molecule has 0 unspecified atom stereocenters. The summed E-state index contributed by atoms with van der Waals surface area (Å²) in [4.78, 5) is 32.1. The fourth-order valence-corrected chi connectivity index (χ4v) is 3.15. The van der Waals surface area contributed by atoms with Crippen LogP contribution in [0, 0.1) is 0 Å². The number of pyridine rings is 1. The van der Waals surface area contributed by atoms with Gasteiger partial charge in [0.25, 0.3) is 5.91 Å². The van der Waals surface area contributed by atoms with Gasteiger partial charge in [0.05, 0.1) is 16.9 Å². The minimum Gasteiger partial charge on any atom is -0.366 e. The van der Waals surface area contributed by atoms with Crippen molar-refractivity contribution in [1.82, 2.24) is 9.97 Å². The van der Waals surface area contributed by atoms with E-state index in [4.69, 9.17) is 5.73 Å². The van der Waals surface area contributed by atoms with E-state index in [0.717, 1.165) is 16.3 Å². The second-order valence-electron chi connectivity index (χ2n) is 5.34. The Morgan fingerprint density at radius 2 is 2.00 bits per heavy atom. The predicted octanol–water partition coefficient (Wildman–Crippen LogP) is 2.88. The Morgan fingerprint density at radius 1 is 1.16 bits per heavy atom. The summed E-state index contributed by atoms with van der Waals surface area (Å²) in [6, 6.07) is 10.5. The number of nitrogens with one attached hydrogen (secondary N) is 1. The molecule has 126 valence electrons. The fourth-order valence-electron chi connectivity index (χ4n) is 2.30. The van der Waals surface area contributed by atoms with Crippen molar-refractivity contribution in [3.63, 3.8) is 0 Å². The van der Waals surface area contributed by atoms with Gasteiger partial charge in [0.2, 0.25) is 5.91 Å². The molecule has 0 aliphatic rings. The molecule has 6 nitrogen and oxygen atoms in total. The summed E-state index contributed by atoms with van der Waals surface area (Å²) in [5, 5.41) is 5.54. The second-order valence-corrected chi connectivity index (χ2v) is 6.20. The largest absolute Gasteiger partial charge is 0.366 e. The first-order chi connectivity index (χ1) is 12.1. The number of primary amides is 1. The Kier molecular flexibility index (Phi) is 5.15. The zero-order chi connectivity index (χ0) is 17.6. The number of amides is 2. The number of aromatic nitrogens is 2. The smallest absolute Gasteiger partial charge is 0.250 e. The third kappa shape index (κ3) is 4.27. The Morgan fingerprint density at radius 3 is 2.76 bits per heavy atom. The van der Waals surface area contributed by atoms with E-state index in [1.165, 1.54) is 11.3 Å². The van der Waals surface area contributed by atoms with Crippen molar-refractivity contribution in [3.8, 4) is 10.6 Å². The first kappa shape index (κ1) is 16.8. The van der Waals surface area contributed by atoms with Crippen molar-refractivity contribution in [2.45, 2.75) is 12.8 Å². The lowest BCUT2D eigenvalue weighted by Gasteiger charge is -2.08. The molecule has 0 bridgehead atoms. The third-order valence-corrected chi connectivity index (χ3v) is 4.48. The summed E-state index contributed by atoms with van der Waals surface area (Å²) in [5.74, 6) is -0.763. The van der Waals surface area contributed by atoms with Crippen molar-refractivity contribution in [1.29, 1.82) is 0 Å². The van der Waals surface area contributed by atoms with Crippen LogP contribution in [0.2, 0.25) is 0 Å². The molecule has 25 heavy (non-hydrogen) atoms. The van der Waals surface area contributed by atoms with Crippen LogP contribution in [0.15, 0.2) is 54.2 Å². The molecule has 3 rings (SSSR count). The van der Waals surface area contributed by atoms with Crippen LogP contribution >= 0.6 is 11.3 Å². The van der Waals surface area contributed by atoms with Crippen molar-refractivity contribution in [2.24, 2.45) is 5.73 Å². The van der Waals surface area contributed by atoms with Crippen molar-refractivity contribution in [2.75, 3.05) is 5.32 Å². The van der Waals surface area contributed by atoms with Crippen LogP contribution in [0.25, 0.3) is 10.6 Å². The molecule has 0 radical (unpaired) electrons. The quantitative estimate of drug-likeness (QED) is 0.713. The van der Waals surface area contributed by atoms with Gasteiger partial charge in [0, 0.05) is 29.8 Å². The number of rotatable bonds is 6. The minimum atomic E-state index is -0.573. The number of hydrogen-bond donors (Lipinski definition) is 2. The number of aryl methyl sites for hydroxylation is 1. The molecule has 2 aromatic heterocycles. The lowest BCUT2D eigenvalue weighted by Crippen LogP contribution is -2.18. The molecule has 2 amide bonds. The van der Waals surface area contributed by atoms with Gasteiger partial charge in [-0.1, -0.05) is 12.1 Å². The molecule has 0 spiro atoms. The highest BCUT2D eigenvalue weighted by atomic mass is 32.1. The standard InChI is InChI=1S/C18H16N4O2S/c19-17(24)14-5-1-2-6-15(14)22-16(23)8-7-13-11-25-18(21-13)12-4-3-9-20-10-12/h1-6,9-11H,7-8H2,(H2,19,24)(H,22,23).